The van der Waals surface area contributed by atoms with Crippen molar-refractivity contribution in [3.63, 3.8) is 0 Å². The van der Waals surface area contributed by atoms with E-state index in [0.717, 1.165) is 23.2 Å². The second-order valence-electron chi connectivity index (χ2n) is 8.24. The van der Waals surface area contributed by atoms with Crippen LogP contribution in [0.4, 0.5) is 11.5 Å². The maximum atomic E-state index is 13.1. The fourth-order valence-electron chi connectivity index (χ4n) is 4.44. The van der Waals surface area contributed by atoms with E-state index >= 15 is 0 Å². The number of carbonyl (C=O) groups is 3. The highest BCUT2D eigenvalue weighted by Crippen LogP contribution is 2.41. The van der Waals surface area contributed by atoms with Gasteiger partial charge in [-0.15, -0.1) is 0 Å². The number of hydrogen-bond acceptors (Lipinski definition) is 5. The molecule has 166 valence electrons. The van der Waals surface area contributed by atoms with Crippen LogP contribution in [0.1, 0.15) is 57.1 Å². The van der Waals surface area contributed by atoms with Crippen LogP contribution in [0.25, 0.3) is 0 Å². The predicted octanol–water partition coefficient (Wildman–Crippen LogP) is 4.16. The smallest absolute Gasteiger partial charge is 0.335 e. The van der Waals surface area contributed by atoms with Crippen LogP contribution in [-0.4, -0.2) is 32.5 Å². The number of anilines is 2. The first-order valence-corrected chi connectivity index (χ1v) is 10.7. The van der Waals surface area contributed by atoms with Crippen molar-refractivity contribution in [2.75, 3.05) is 10.6 Å². The summed E-state index contributed by atoms with van der Waals surface area (Å²) in [5, 5.41) is 19.9. The van der Waals surface area contributed by atoms with E-state index in [9.17, 15) is 19.5 Å². The third-order valence-electron chi connectivity index (χ3n) is 6.15. The number of hydrogen-bond donors (Lipinski definition) is 3. The van der Waals surface area contributed by atoms with Crippen LogP contribution >= 0.6 is 0 Å². The van der Waals surface area contributed by atoms with E-state index in [0.29, 0.717) is 35.5 Å². The van der Waals surface area contributed by atoms with E-state index in [2.05, 4.69) is 15.7 Å². The molecular weight excluding hydrogens is 420 g/mol. The molecule has 2 aromatic carbocycles. The number of Topliss-reactive ketones (excluding diaryl/α,β-unsaturated/α-hetero) is 1. The maximum absolute atomic E-state index is 13.1. The molecule has 0 radical (unpaired) electrons. The van der Waals surface area contributed by atoms with E-state index < -0.39 is 12.0 Å². The lowest BCUT2D eigenvalue weighted by molar-refractivity contribution is -0.116. The number of aryl methyl sites for hydroxylation is 1. The van der Waals surface area contributed by atoms with Gasteiger partial charge in [-0.3, -0.25) is 9.59 Å². The first kappa shape index (κ1) is 20.7. The number of nitrogens with zero attached hydrogens (tertiary/aromatic N) is 2. The number of allylic oxidation sites excluding steroid dienone is 2. The number of carboxylic acids is 1. The first-order chi connectivity index (χ1) is 15.9. The number of fused-ring (bicyclic) bond motifs is 1. The molecule has 0 saturated heterocycles. The molecule has 0 spiro atoms. The van der Waals surface area contributed by atoms with Gasteiger partial charge in [0.15, 0.2) is 5.78 Å². The zero-order chi connectivity index (χ0) is 23.1. The number of ketones is 1. The molecule has 2 aliphatic rings. The van der Waals surface area contributed by atoms with Gasteiger partial charge in [-0.2, -0.15) is 5.10 Å². The van der Waals surface area contributed by atoms with Crippen LogP contribution < -0.4 is 10.6 Å². The lowest BCUT2D eigenvalue weighted by Gasteiger charge is -2.33. The monoisotopic (exact) mass is 442 g/mol. The highest BCUT2D eigenvalue weighted by atomic mass is 16.4. The molecule has 0 bridgehead atoms. The number of carbonyl (C=O) groups excluding carboxylic acids is 2. The molecule has 8 nitrogen and oxygen atoms in total. The van der Waals surface area contributed by atoms with Crippen molar-refractivity contribution >= 4 is 29.2 Å². The first-order valence-electron chi connectivity index (χ1n) is 10.7. The minimum absolute atomic E-state index is 0.0307. The molecule has 33 heavy (non-hydrogen) atoms. The summed E-state index contributed by atoms with van der Waals surface area (Å²) in [5.74, 6) is -0.773. The van der Waals surface area contributed by atoms with Crippen LogP contribution in [0, 0.1) is 6.92 Å². The largest absolute Gasteiger partial charge is 0.478 e. The average molecular weight is 442 g/mol. The molecule has 8 heteroatoms. The number of carboxylic acid groups (broad SMARTS) is 1. The minimum Gasteiger partial charge on any atom is -0.478 e. The Kier molecular flexibility index (Phi) is 5.05. The molecule has 3 aromatic rings. The Morgan fingerprint density at radius 2 is 1.88 bits per heavy atom. The SMILES string of the molecule is Cc1ccccc1NC(=O)c1cnn2c1NC1=C(C(=O)CCC1)[C@H]2c1ccc(C(=O)O)cc1. The van der Waals surface area contributed by atoms with Gasteiger partial charge in [0.2, 0.25) is 0 Å². The Hall–Kier alpha value is -4.20. The van der Waals surface area contributed by atoms with E-state index in [4.69, 9.17) is 0 Å². The van der Waals surface area contributed by atoms with Crippen molar-refractivity contribution in [2.24, 2.45) is 0 Å². The van der Waals surface area contributed by atoms with Crippen LogP contribution in [0.15, 0.2) is 66.0 Å². The standard InChI is InChI=1S/C25H22N4O4/c1-14-5-2-3-6-18(14)28-24(31)17-13-26-29-22(15-9-11-16(12-10-15)25(32)33)21-19(27-23(17)29)7-4-8-20(21)30/h2-3,5-6,9-13,22,27H,4,7-8H2,1H3,(H,28,31)(H,32,33)/t22-/m1/s1. The molecule has 2 heterocycles. The molecule has 1 aliphatic carbocycles. The molecule has 1 aromatic heterocycles. The van der Waals surface area contributed by atoms with Gasteiger partial charge in [-0.1, -0.05) is 30.3 Å². The summed E-state index contributed by atoms with van der Waals surface area (Å²) in [4.78, 5) is 37.3. The minimum atomic E-state index is -1.02. The normalized spacial score (nSPS) is 17.1. The van der Waals surface area contributed by atoms with Crippen molar-refractivity contribution in [3.8, 4) is 0 Å². The Balaban J connectivity index is 1.57. The van der Waals surface area contributed by atoms with Crippen LogP contribution in [0.2, 0.25) is 0 Å². The second kappa shape index (κ2) is 8.05. The summed E-state index contributed by atoms with van der Waals surface area (Å²) < 4.78 is 1.64. The van der Waals surface area contributed by atoms with Crippen molar-refractivity contribution in [1.29, 1.82) is 0 Å². The molecule has 5 rings (SSSR count). The summed E-state index contributed by atoms with van der Waals surface area (Å²) in [5.41, 5.74) is 4.33. The second-order valence-corrected chi connectivity index (χ2v) is 8.24. The zero-order valence-corrected chi connectivity index (χ0v) is 18.0. The summed E-state index contributed by atoms with van der Waals surface area (Å²) in [6, 6.07) is 13.4. The van der Waals surface area contributed by atoms with Gasteiger partial charge in [-0.25, -0.2) is 9.48 Å². The number of amides is 1. The van der Waals surface area contributed by atoms with Gasteiger partial charge < -0.3 is 15.7 Å². The zero-order valence-electron chi connectivity index (χ0n) is 18.0. The number of para-hydroxylation sites is 1. The third kappa shape index (κ3) is 3.59. The van der Waals surface area contributed by atoms with Crippen LogP contribution in [-0.2, 0) is 4.79 Å². The van der Waals surface area contributed by atoms with Gasteiger partial charge >= 0.3 is 5.97 Å². The van der Waals surface area contributed by atoms with Gasteiger partial charge in [0.05, 0.1) is 11.8 Å². The number of aromatic carboxylic acids is 1. The van der Waals surface area contributed by atoms with Crippen molar-refractivity contribution in [3.05, 3.63) is 88.3 Å². The summed E-state index contributed by atoms with van der Waals surface area (Å²) in [6.07, 6.45) is 3.36. The number of rotatable bonds is 4. The fourth-order valence-corrected chi connectivity index (χ4v) is 4.44. The molecule has 1 aliphatic heterocycles. The molecule has 1 atom stereocenters. The summed E-state index contributed by atoms with van der Waals surface area (Å²) >= 11 is 0. The van der Waals surface area contributed by atoms with Gasteiger partial charge in [0, 0.05) is 23.4 Å². The Morgan fingerprint density at radius 3 is 2.61 bits per heavy atom. The van der Waals surface area contributed by atoms with E-state index in [1.807, 2.05) is 31.2 Å². The molecule has 0 fully saturated rings. The fraction of sp³-hybridized carbons (Fsp3) is 0.200. The van der Waals surface area contributed by atoms with E-state index in [-0.39, 0.29) is 17.3 Å². The Morgan fingerprint density at radius 1 is 1.12 bits per heavy atom. The maximum Gasteiger partial charge on any atom is 0.335 e. The van der Waals surface area contributed by atoms with Crippen molar-refractivity contribution in [2.45, 2.75) is 32.2 Å². The van der Waals surface area contributed by atoms with Crippen molar-refractivity contribution in [1.82, 2.24) is 9.78 Å². The van der Waals surface area contributed by atoms with Gasteiger partial charge in [0.25, 0.3) is 5.91 Å². The van der Waals surface area contributed by atoms with Crippen LogP contribution in [0.5, 0.6) is 0 Å². The number of benzene rings is 2. The molecule has 0 saturated carbocycles. The third-order valence-corrected chi connectivity index (χ3v) is 6.15. The highest BCUT2D eigenvalue weighted by Gasteiger charge is 2.37. The molecule has 1 amide bonds. The quantitative estimate of drug-likeness (QED) is 0.559. The van der Waals surface area contributed by atoms with Crippen LogP contribution in [0.3, 0.4) is 0 Å². The number of nitrogens with one attached hydrogen (secondary N) is 2. The Labute approximate surface area is 189 Å². The summed E-state index contributed by atoms with van der Waals surface area (Å²) in [6.45, 7) is 1.92. The topological polar surface area (TPSA) is 113 Å². The lowest BCUT2D eigenvalue weighted by Crippen LogP contribution is -2.32. The average Bonchev–Trinajstić information content (AvgIpc) is 3.23. The highest BCUT2D eigenvalue weighted by molar-refractivity contribution is 6.08. The molecular formula is C25H22N4O4. The van der Waals surface area contributed by atoms with Crippen molar-refractivity contribution < 1.29 is 19.5 Å². The van der Waals surface area contributed by atoms with Gasteiger partial charge in [0.1, 0.15) is 17.4 Å². The Bertz CT molecular complexity index is 1320. The van der Waals surface area contributed by atoms with Gasteiger partial charge in [-0.05, 0) is 49.1 Å². The molecule has 3 N–H and O–H groups in total. The number of aromatic nitrogens is 2. The van der Waals surface area contributed by atoms with E-state index in [1.165, 1.54) is 18.3 Å². The summed E-state index contributed by atoms with van der Waals surface area (Å²) in [7, 11) is 0. The predicted molar refractivity (Wildman–Crippen MR) is 122 cm³/mol. The lowest BCUT2D eigenvalue weighted by atomic mass is 9.85. The molecule has 0 unspecified atom stereocenters. The van der Waals surface area contributed by atoms with E-state index in [1.54, 1.807) is 16.8 Å².